The Hall–Kier alpha value is -3.21. The largest absolute Gasteiger partial charge is 0.461 e. The van der Waals surface area contributed by atoms with Crippen LogP contribution < -0.4 is 0 Å². The van der Waals surface area contributed by atoms with Crippen LogP contribution in [0.5, 0.6) is 0 Å². The van der Waals surface area contributed by atoms with E-state index in [-0.39, 0.29) is 56.4 Å². The maximum absolute atomic E-state index is 13.4. The van der Waals surface area contributed by atoms with Crippen LogP contribution in [0.4, 0.5) is 4.79 Å². The second-order valence-electron chi connectivity index (χ2n) is 13.3. The highest BCUT2D eigenvalue weighted by Gasteiger charge is 2.45. The first kappa shape index (κ1) is 36.0. The highest BCUT2D eigenvalue weighted by Crippen LogP contribution is 2.31. The first-order valence-electron chi connectivity index (χ1n) is 15.0. The summed E-state index contributed by atoms with van der Waals surface area (Å²) in [7, 11) is 0. The fraction of sp³-hybridized carbons (Fsp3) is 0.719. The van der Waals surface area contributed by atoms with Gasteiger partial charge in [-0.15, -0.1) is 0 Å². The molecule has 4 atom stereocenters. The van der Waals surface area contributed by atoms with Gasteiger partial charge in [-0.25, -0.2) is 4.79 Å². The minimum atomic E-state index is -0.834. The van der Waals surface area contributed by atoms with E-state index < -0.39 is 47.4 Å². The third-order valence-electron chi connectivity index (χ3n) is 7.02. The van der Waals surface area contributed by atoms with E-state index in [4.69, 9.17) is 18.9 Å². The summed E-state index contributed by atoms with van der Waals surface area (Å²) < 4.78 is 22.1. The molecule has 0 aromatic rings. The smallest absolute Gasteiger partial charge is 0.410 e. The van der Waals surface area contributed by atoms with Crippen LogP contribution in [0.25, 0.3) is 0 Å². The van der Waals surface area contributed by atoms with Crippen LogP contribution in [0, 0.1) is 11.8 Å². The van der Waals surface area contributed by atoms with Crippen molar-refractivity contribution in [3.8, 4) is 0 Å². The van der Waals surface area contributed by atoms with E-state index in [1.54, 1.807) is 58.3 Å². The lowest BCUT2D eigenvalue weighted by molar-refractivity contribution is -0.159. The van der Waals surface area contributed by atoms with Crippen molar-refractivity contribution in [3.63, 3.8) is 0 Å². The van der Waals surface area contributed by atoms with Crippen LogP contribution in [-0.2, 0) is 38.1 Å². The number of nitrogens with zero attached hydrogens (tertiary/aromatic N) is 2. The fourth-order valence-electron chi connectivity index (χ4n) is 4.96. The Morgan fingerprint density at radius 2 is 1.63 bits per heavy atom. The van der Waals surface area contributed by atoms with Gasteiger partial charge in [0.05, 0.1) is 24.5 Å². The maximum atomic E-state index is 13.4. The summed E-state index contributed by atoms with van der Waals surface area (Å²) >= 11 is 0. The summed E-state index contributed by atoms with van der Waals surface area (Å²) in [4.78, 5) is 67.4. The van der Waals surface area contributed by atoms with Gasteiger partial charge in [-0.2, -0.15) is 0 Å². The van der Waals surface area contributed by atoms with Gasteiger partial charge in [0.2, 0.25) is 5.91 Å². The van der Waals surface area contributed by atoms with Gasteiger partial charge in [0.15, 0.2) is 6.23 Å². The topological polar surface area (TPSA) is 129 Å². The molecule has 0 aromatic carbocycles. The van der Waals surface area contributed by atoms with Crippen LogP contribution in [0.15, 0.2) is 24.8 Å². The van der Waals surface area contributed by atoms with E-state index >= 15 is 0 Å². The van der Waals surface area contributed by atoms with Crippen molar-refractivity contribution in [2.75, 3.05) is 26.3 Å². The molecule has 2 rings (SSSR count). The summed E-state index contributed by atoms with van der Waals surface area (Å²) in [5.74, 6) is -2.74. The van der Waals surface area contributed by atoms with Crippen LogP contribution in [0.2, 0.25) is 0 Å². The van der Waals surface area contributed by atoms with Gasteiger partial charge in [-0.05, 0) is 60.8 Å². The van der Waals surface area contributed by atoms with E-state index in [0.717, 1.165) is 5.57 Å². The van der Waals surface area contributed by atoms with Gasteiger partial charge >= 0.3 is 18.0 Å². The summed E-state index contributed by atoms with van der Waals surface area (Å²) in [6, 6.07) is -0.448. The summed E-state index contributed by atoms with van der Waals surface area (Å²) in [5.41, 5.74) is -0.470. The Balaban J connectivity index is 2.03. The molecular formula is C32H50N2O9. The fourth-order valence-corrected chi connectivity index (χ4v) is 4.96. The van der Waals surface area contributed by atoms with Crippen LogP contribution >= 0.6 is 0 Å². The molecule has 0 spiro atoms. The average molecular weight is 607 g/mol. The second-order valence-corrected chi connectivity index (χ2v) is 13.3. The van der Waals surface area contributed by atoms with E-state index in [2.05, 4.69) is 13.2 Å². The number of rotatable bonds is 13. The molecule has 43 heavy (non-hydrogen) atoms. The number of likely N-dealkylation sites (tertiary alicyclic amines) is 1. The second kappa shape index (κ2) is 15.5. The SMILES string of the molecule is C=CCOC(=O)[C@H](CCC(=O)N1CCOC1[C@@H]1CC(=C)CN1C(=O)OC(C)(C)C)CC(=O)CC[C@H](C)C(=O)OC(C)(C)C. The molecule has 0 saturated carbocycles. The minimum Gasteiger partial charge on any atom is -0.461 e. The van der Waals surface area contributed by atoms with Crippen molar-refractivity contribution >= 4 is 29.7 Å². The number of ketones is 1. The van der Waals surface area contributed by atoms with E-state index in [1.807, 2.05) is 0 Å². The van der Waals surface area contributed by atoms with E-state index in [0.29, 0.717) is 26.1 Å². The first-order valence-corrected chi connectivity index (χ1v) is 15.0. The van der Waals surface area contributed by atoms with Crippen molar-refractivity contribution in [3.05, 3.63) is 24.8 Å². The van der Waals surface area contributed by atoms with Crippen molar-refractivity contribution < 1.29 is 42.9 Å². The zero-order valence-electron chi connectivity index (χ0n) is 26.9. The molecule has 1 unspecified atom stereocenters. The Kier molecular flexibility index (Phi) is 13.0. The van der Waals surface area contributed by atoms with E-state index in [1.165, 1.54) is 6.08 Å². The molecule has 2 saturated heterocycles. The Bertz CT molecular complexity index is 1060. The number of hydrogen-bond acceptors (Lipinski definition) is 9. The van der Waals surface area contributed by atoms with Gasteiger partial charge in [0, 0.05) is 32.4 Å². The molecule has 11 heteroatoms. The highest BCUT2D eigenvalue weighted by molar-refractivity contribution is 5.85. The summed E-state index contributed by atoms with van der Waals surface area (Å²) in [6.07, 6.45) is 1.07. The first-order chi connectivity index (χ1) is 19.9. The number of carbonyl (C=O) groups is 5. The molecule has 2 aliphatic heterocycles. The van der Waals surface area contributed by atoms with Crippen LogP contribution in [0.1, 0.15) is 87.0 Å². The lowest BCUT2D eigenvalue weighted by Gasteiger charge is -2.34. The molecule has 0 bridgehead atoms. The van der Waals surface area contributed by atoms with Gasteiger partial charge in [-0.1, -0.05) is 31.7 Å². The van der Waals surface area contributed by atoms with E-state index in [9.17, 15) is 24.0 Å². The zero-order valence-corrected chi connectivity index (χ0v) is 26.9. The number of carbonyl (C=O) groups excluding carboxylic acids is 5. The molecule has 242 valence electrons. The minimum absolute atomic E-state index is 0.0126. The average Bonchev–Trinajstić information content (AvgIpc) is 3.52. The van der Waals surface area contributed by atoms with Gasteiger partial charge in [-0.3, -0.25) is 24.1 Å². The Morgan fingerprint density at radius 1 is 0.977 bits per heavy atom. The summed E-state index contributed by atoms with van der Waals surface area (Å²) in [5, 5.41) is 0. The number of amides is 2. The lowest BCUT2D eigenvalue weighted by atomic mass is 9.93. The molecular weight excluding hydrogens is 556 g/mol. The third-order valence-corrected chi connectivity index (χ3v) is 7.02. The monoisotopic (exact) mass is 606 g/mol. The molecule has 0 aliphatic carbocycles. The van der Waals surface area contributed by atoms with Crippen LogP contribution in [0.3, 0.4) is 0 Å². The van der Waals surface area contributed by atoms with Gasteiger partial charge in [0.1, 0.15) is 23.6 Å². The van der Waals surface area contributed by atoms with Crippen molar-refractivity contribution in [1.82, 2.24) is 9.80 Å². The number of Topliss-reactive ketones (excluding diaryl/α,β-unsaturated/α-hetero) is 1. The van der Waals surface area contributed by atoms with Gasteiger partial charge in [0.25, 0.3) is 0 Å². The zero-order chi connectivity index (χ0) is 32.5. The normalized spacial score (nSPS) is 20.4. The molecule has 2 fully saturated rings. The molecule has 0 aromatic heterocycles. The Labute approximate surface area is 255 Å². The molecule has 2 aliphatic rings. The number of esters is 2. The number of hydrogen-bond donors (Lipinski definition) is 0. The van der Waals surface area contributed by atoms with Crippen molar-refractivity contribution in [2.45, 2.75) is 110 Å². The maximum Gasteiger partial charge on any atom is 0.410 e. The molecule has 2 amide bonds. The molecule has 2 heterocycles. The third kappa shape index (κ3) is 11.8. The predicted octanol–water partition coefficient (Wildman–Crippen LogP) is 4.58. The lowest BCUT2D eigenvalue weighted by Crippen LogP contribution is -2.51. The molecule has 0 radical (unpaired) electrons. The van der Waals surface area contributed by atoms with Crippen molar-refractivity contribution in [1.29, 1.82) is 0 Å². The standard InChI is InChI=1S/C32H50N2O9/c1-10-16-41-29(38)23(19-24(35)13-11-22(3)28(37)42-31(4,5)6)12-14-26(36)33-15-17-40-27(33)25-18-21(2)20-34(25)30(39)43-32(7,8)9/h10,22-23,25,27H,1-2,11-20H2,3-9H3/t22-,23+,25-,27?/m0/s1. The van der Waals surface area contributed by atoms with Crippen LogP contribution in [-0.4, -0.2) is 89.3 Å². The molecule has 0 N–H and O–H groups in total. The number of ether oxygens (including phenoxy) is 4. The Morgan fingerprint density at radius 3 is 2.23 bits per heavy atom. The van der Waals surface area contributed by atoms with Crippen molar-refractivity contribution in [2.24, 2.45) is 11.8 Å². The molecule has 11 nitrogen and oxygen atoms in total. The predicted molar refractivity (Wildman–Crippen MR) is 160 cm³/mol. The van der Waals surface area contributed by atoms with Gasteiger partial charge < -0.3 is 23.8 Å². The highest BCUT2D eigenvalue weighted by atomic mass is 16.6. The quantitative estimate of drug-likeness (QED) is 0.168. The summed E-state index contributed by atoms with van der Waals surface area (Å²) in [6.45, 7) is 20.9.